The Balaban J connectivity index is 0. The molecule has 0 aliphatic heterocycles. The zero-order valence-corrected chi connectivity index (χ0v) is 8.64. The van der Waals surface area contributed by atoms with Crippen LogP contribution >= 0.6 is 0 Å². The fourth-order valence-electron chi connectivity index (χ4n) is 0.679. The Morgan fingerprint density at radius 1 is 1.23 bits per heavy atom. The molecule has 2 nitrogen and oxygen atoms in total. The minimum atomic E-state index is -1.67. The molecular weight excluding hydrogens is 196 g/mol. The van der Waals surface area contributed by atoms with E-state index in [-0.39, 0.29) is 31.0 Å². The Morgan fingerprint density at radius 2 is 1.62 bits per heavy atom. The maximum Gasteiger partial charge on any atom is 0.335 e. The van der Waals surface area contributed by atoms with Gasteiger partial charge in [-0.15, -0.1) is 0 Å². The molecule has 1 N–H and O–H groups in total. The number of hydrogen-bond donors (Lipinski definition) is 1. The summed E-state index contributed by atoms with van der Waals surface area (Å²) in [6.07, 6.45) is 0. The summed E-state index contributed by atoms with van der Waals surface area (Å²) in [5.41, 5.74) is -0.619. The van der Waals surface area contributed by atoms with Crippen LogP contribution in [0.15, 0.2) is 12.1 Å². The van der Waals surface area contributed by atoms with Gasteiger partial charge in [0.2, 0.25) is 0 Å². The molecule has 0 unspecified atom stereocenters. The van der Waals surface area contributed by atoms with E-state index in [4.69, 9.17) is 5.11 Å². The van der Waals surface area contributed by atoms with Crippen LogP contribution < -0.4 is 0 Å². The first-order valence-corrected chi connectivity index (χ1v) is 2.90. The number of hydrogen-bond acceptors (Lipinski definition) is 1. The van der Waals surface area contributed by atoms with Crippen LogP contribution in [0.2, 0.25) is 0 Å². The minimum Gasteiger partial charge on any atom is -0.478 e. The summed E-state index contributed by atoms with van der Waals surface area (Å²) in [7, 11) is 0. The van der Waals surface area contributed by atoms with Gasteiger partial charge in [-0.3, -0.25) is 0 Å². The molecule has 0 bridgehead atoms. The van der Waals surface area contributed by atoms with Gasteiger partial charge in [0.15, 0.2) is 17.5 Å². The molecule has 0 aliphatic carbocycles. The number of rotatable bonds is 1. The second-order valence-electron chi connectivity index (χ2n) is 2.06. The smallest absolute Gasteiger partial charge is 0.335 e. The third kappa shape index (κ3) is 2.72. The zero-order valence-electron chi connectivity index (χ0n) is 6.64. The number of carboxylic acid groups (broad SMARTS) is 1. The summed E-state index contributed by atoms with van der Waals surface area (Å²) in [5, 5.41) is 8.27. The van der Waals surface area contributed by atoms with Crippen molar-refractivity contribution in [2.45, 2.75) is 0 Å². The molecule has 0 aromatic heterocycles. The molecule has 0 heterocycles. The molecular formula is C7H5F3NaO2. The van der Waals surface area contributed by atoms with Gasteiger partial charge in [-0.1, -0.05) is 0 Å². The molecule has 0 atom stereocenters. The van der Waals surface area contributed by atoms with Gasteiger partial charge in [0.05, 0.1) is 5.56 Å². The van der Waals surface area contributed by atoms with Crippen molar-refractivity contribution in [1.82, 2.24) is 0 Å². The maximum atomic E-state index is 12.3. The van der Waals surface area contributed by atoms with Gasteiger partial charge in [0.1, 0.15) is 0 Å². The molecule has 0 aliphatic rings. The first kappa shape index (κ1) is 12.5. The van der Waals surface area contributed by atoms with Crippen molar-refractivity contribution in [2.75, 3.05) is 0 Å². The molecule has 0 spiro atoms. The van der Waals surface area contributed by atoms with Crippen molar-refractivity contribution in [3.05, 3.63) is 35.1 Å². The molecule has 67 valence electrons. The Kier molecular flexibility index (Phi) is 4.46. The predicted molar refractivity (Wildman–Crippen MR) is 41.1 cm³/mol. The van der Waals surface area contributed by atoms with Gasteiger partial charge < -0.3 is 5.11 Å². The van der Waals surface area contributed by atoms with Crippen molar-refractivity contribution in [2.24, 2.45) is 0 Å². The van der Waals surface area contributed by atoms with Crippen LogP contribution in [0.3, 0.4) is 0 Å². The Labute approximate surface area is 95.1 Å². The van der Waals surface area contributed by atoms with Crippen molar-refractivity contribution in [1.29, 1.82) is 0 Å². The normalized spacial score (nSPS) is 9.15. The molecule has 6 heteroatoms. The molecule has 13 heavy (non-hydrogen) atoms. The van der Waals surface area contributed by atoms with Gasteiger partial charge in [0, 0.05) is 31.0 Å². The number of benzene rings is 1. The van der Waals surface area contributed by atoms with E-state index in [0.717, 1.165) is 0 Å². The third-order valence-electron chi connectivity index (χ3n) is 1.23. The first-order chi connectivity index (χ1) is 5.52. The van der Waals surface area contributed by atoms with E-state index in [1.165, 1.54) is 0 Å². The summed E-state index contributed by atoms with van der Waals surface area (Å²) in [5.74, 6) is -6.19. The fraction of sp³-hybridized carbons (Fsp3) is 0. The van der Waals surface area contributed by atoms with Crippen LogP contribution in [0.5, 0.6) is 0 Å². The fourth-order valence-corrected chi connectivity index (χ4v) is 0.679. The molecule has 1 aromatic rings. The second-order valence-corrected chi connectivity index (χ2v) is 2.06. The monoisotopic (exact) mass is 201 g/mol. The molecule has 1 aromatic carbocycles. The van der Waals surface area contributed by atoms with Crippen molar-refractivity contribution < 1.29 is 24.5 Å². The van der Waals surface area contributed by atoms with E-state index in [2.05, 4.69) is 0 Å². The molecule has 0 amide bonds. The van der Waals surface area contributed by atoms with Crippen molar-refractivity contribution in [3.63, 3.8) is 0 Å². The predicted octanol–water partition coefficient (Wildman–Crippen LogP) is 1.67. The van der Waals surface area contributed by atoms with Crippen LogP contribution in [0.1, 0.15) is 11.8 Å². The first-order valence-electron chi connectivity index (χ1n) is 2.90. The van der Waals surface area contributed by atoms with E-state index in [1.807, 2.05) is 0 Å². The SMILES string of the molecule is O=C(O)c1cc(F)c(F)c(F)c1.[HH].[Na]. The van der Waals surface area contributed by atoms with Crippen molar-refractivity contribution >= 4 is 35.5 Å². The van der Waals surface area contributed by atoms with Gasteiger partial charge in [-0.05, 0) is 12.1 Å². The Bertz CT molecular complexity index is 323. The quantitative estimate of drug-likeness (QED) is 0.554. The molecule has 1 radical (unpaired) electrons. The zero-order chi connectivity index (χ0) is 9.30. The number of carbonyl (C=O) groups is 1. The van der Waals surface area contributed by atoms with E-state index in [1.54, 1.807) is 0 Å². The van der Waals surface area contributed by atoms with Crippen LogP contribution in [0, 0.1) is 17.5 Å². The molecule has 0 saturated heterocycles. The second kappa shape index (κ2) is 4.64. The van der Waals surface area contributed by atoms with E-state index >= 15 is 0 Å². The third-order valence-corrected chi connectivity index (χ3v) is 1.23. The summed E-state index contributed by atoms with van der Waals surface area (Å²) in [6, 6.07) is 0.835. The Hall–Kier alpha value is -0.520. The van der Waals surface area contributed by atoms with Crippen molar-refractivity contribution in [3.8, 4) is 0 Å². The van der Waals surface area contributed by atoms with Crippen LogP contribution in [0.25, 0.3) is 0 Å². The van der Waals surface area contributed by atoms with Crippen LogP contribution in [-0.2, 0) is 0 Å². The summed E-state index contributed by atoms with van der Waals surface area (Å²) < 4.78 is 36.9. The van der Waals surface area contributed by atoms with Gasteiger partial charge >= 0.3 is 5.97 Å². The van der Waals surface area contributed by atoms with Gasteiger partial charge in [-0.2, -0.15) is 0 Å². The topological polar surface area (TPSA) is 37.3 Å². The van der Waals surface area contributed by atoms with Gasteiger partial charge in [0.25, 0.3) is 0 Å². The van der Waals surface area contributed by atoms with E-state index in [0.29, 0.717) is 12.1 Å². The number of carboxylic acids is 1. The van der Waals surface area contributed by atoms with Gasteiger partial charge in [-0.25, -0.2) is 18.0 Å². The average Bonchev–Trinajstić information content (AvgIpc) is 1.99. The molecule has 0 saturated carbocycles. The Morgan fingerprint density at radius 3 is 1.92 bits per heavy atom. The average molecular weight is 201 g/mol. The van der Waals surface area contributed by atoms with Crippen LogP contribution in [-0.4, -0.2) is 40.6 Å². The standard InChI is InChI=1S/C7H3F3O2.Na.H2/c8-4-1-3(7(11)12)2-5(9)6(4)10;;/h1-2H,(H,11,12);;1H. The molecule has 1 rings (SSSR count). The van der Waals surface area contributed by atoms with E-state index in [9.17, 15) is 18.0 Å². The number of halogens is 3. The largest absolute Gasteiger partial charge is 0.478 e. The minimum absolute atomic E-state index is 0. The van der Waals surface area contributed by atoms with E-state index < -0.39 is 29.0 Å². The summed E-state index contributed by atoms with van der Waals surface area (Å²) in [4.78, 5) is 10.2. The maximum absolute atomic E-state index is 12.3. The van der Waals surface area contributed by atoms with Crippen LogP contribution in [0.4, 0.5) is 13.2 Å². The summed E-state index contributed by atoms with van der Waals surface area (Å²) >= 11 is 0. The molecule has 0 fully saturated rings. The summed E-state index contributed by atoms with van der Waals surface area (Å²) in [6.45, 7) is 0. The number of aromatic carboxylic acids is 1.